The van der Waals surface area contributed by atoms with E-state index in [0.29, 0.717) is 18.4 Å². The van der Waals surface area contributed by atoms with E-state index in [1.807, 2.05) is 0 Å². The minimum Gasteiger partial charge on any atom is -0.391 e. The third kappa shape index (κ3) is 4.30. The van der Waals surface area contributed by atoms with Crippen LogP contribution in [0.4, 0.5) is 26.3 Å². The van der Waals surface area contributed by atoms with Gasteiger partial charge < -0.3 is 9.67 Å². The first kappa shape index (κ1) is 18.8. The summed E-state index contributed by atoms with van der Waals surface area (Å²) in [6.07, 6.45) is -7.13. The normalized spacial score (nSPS) is 13.2. The Balaban J connectivity index is 2.66. The first-order chi connectivity index (χ1) is 11.6. The van der Waals surface area contributed by atoms with Crippen LogP contribution in [0.1, 0.15) is 11.1 Å². The Morgan fingerprint density at radius 3 is 2.04 bits per heavy atom. The van der Waals surface area contributed by atoms with E-state index in [0.717, 1.165) is 10.8 Å². The maximum absolute atomic E-state index is 12.9. The number of hydrogen-bond donors (Lipinski definition) is 1. The fraction of sp³-hybridized carbons (Fsp3) is 0.188. The number of alkyl halides is 6. The van der Waals surface area contributed by atoms with Crippen LogP contribution in [-0.2, 0) is 17.1 Å². The summed E-state index contributed by atoms with van der Waals surface area (Å²) >= 11 is 0. The van der Waals surface area contributed by atoms with Crippen LogP contribution in [0.3, 0.4) is 0 Å². The highest BCUT2D eigenvalue weighted by atomic mass is 19.4. The van der Waals surface area contributed by atoms with Crippen molar-refractivity contribution in [1.29, 1.82) is 0 Å². The van der Waals surface area contributed by atoms with Crippen LogP contribution in [0.5, 0.6) is 0 Å². The smallest absolute Gasteiger partial charge is 0.391 e. The fourth-order valence-corrected chi connectivity index (χ4v) is 2.14. The highest BCUT2D eigenvalue weighted by molar-refractivity contribution is 5.79. The number of aromatic nitrogens is 1. The summed E-state index contributed by atoms with van der Waals surface area (Å²) in [6.45, 7) is -0.627. The van der Waals surface area contributed by atoms with E-state index in [1.54, 1.807) is 0 Å². The first-order valence-corrected chi connectivity index (χ1v) is 6.79. The SMILES string of the molecule is O=CC(=Cn1cccc1-c1cc(C(F)(F)F)cc(C(F)(F)F)c1)CO. The summed E-state index contributed by atoms with van der Waals surface area (Å²) in [4.78, 5) is 10.7. The second-order valence-corrected chi connectivity index (χ2v) is 5.08. The lowest BCUT2D eigenvalue weighted by Crippen LogP contribution is -2.11. The first-order valence-electron chi connectivity index (χ1n) is 6.79. The van der Waals surface area contributed by atoms with Crippen molar-refractivity contribution in [3.63, 3.8) is 0 Å². The lowest BCUT2D eigenvalue weighted by atomic mass is 10.0. The van der Waals surface area contributed by atoms with Gasteiger partial charge in [-0.25, -0.2) is 0 Å². The van der Waals surface area contributed by atoms with Crippen molar-refractivity contribution in [2.45, 2.75) is 12.4 Å². The molecule has 0 saturated heterocycles. The van der Waals surface area contributed by atoms with Crippen molar-refractivity contribution in [1.82, 2.24) is 4.57 Å². The maximum atomic E-state index is 12.9. The monoisotopic (exact) mass is 363 g/mol. The molecule has 1 aromatic carbocycles. The fourth-order valence-electron chi connectivity index (χ4n) is 2.14. The van der Waals surface area contributed by atoms with Gasteiger partial charge in [0, 0.05) is 18.0 Å². The summed E-state index contributed by atoms with van der Waals surface area (Å²) in [6, 6.07) is 3.91. The number of hydrogen-bond acceptors (Lipinski definition) is 2. The van der Waals surface area contributed by atoms with Crippen LogP contribution in [0.2, 0.25) is 0 Å². The van der Waals surface area contributed by atoms with Crippen LogP contribution in [-0.4, -0.2) is 22.6 Å². The van der Waals surface area contributed by atoms with E-state index in [4.69, 9.17) is 5.11 Å². The van der Waals surface area contributed by atoms with Crippen LogP contribution < -0.4 is 0 Å². The number of carbonyl (C=O) groups excluding carboxylic acids is 1. The predicted molar refractivity (Wildman–Crippen MR) is 77.3 cm³/mol. The Kier molecular flexibility index (Phi) is 5.07. The van der Waals surface area contributed by atoms with E-state index in [2.05, 4.69) is 0 Å². The average Bonchev–Trinajstić information content (AvgIpc) is 2.98. The van der Waals surface area contributed by atoms with Crippen molar-refractivity contribution < 1.29 is 36.2 Å². The van der Waals surface area contributed by atoms with E-state index in [-0.39, 0.29) is 22.9 Å². The Bertz CT molecular complexity index is 769. The summed E-state index contributed by atoms with van der Waals surface area (Å²) in [5.41, 5.74) is -3.30. The summed E-state index contributed by atoms with van der Waals surface area (Å²) in [5.74, 6) is 0. The highest BCUT2D eigenvalue weighted by Crippen LogP contribution is 2.38. The standard InChI is InChI=1S/C16H11F6NO2/c17-15(18,19)12-4-11(5-13(6-12)16(20,21)22)14-2-1-3-23(14)7-10(8-24)9-25/h1-8,25H,9H2. The summed E-state index contributed by atoms with van der Waals surface area (Å²) in [5, 5.41) is 8.98. The molecule has 2 rings (SSSR count). The molecule has 0 saturated carbocycles. The Hall–Kier alpha value is -2.55. The van der Waals surface area contributed by atoms with Crippen molar-refractivity contribution in [3.05, 3.63) is 53.2 Å². The predicted octanol–water partition coefficient (Wildman–Crippen LogP) is 4.22. The molecule has 2 aromatic rings. The molecule has 0 aliphatic heterocycles. The van der Waals surface area contributed by atoms with Gasteiger partial charge in [-0.1, -0.05) is 0 Å². The van der Waals surface area contributed by atoms with Gasteiger partial charge in [-0.15, -0.1) is 0 Å². The minimum atomic E-state index is -4.96. The molecule has 134 valence electrons. The lowest BCUT2D eigenvalue weighted by molar-refractivity contribution is -0.143. The third-order valence-electron chi connectivity index (χ3n) is 3.30. The Morgan fingerprint density at radius 1 is 1.04 bits per heavy atom. The number of aldehydes is 1. The zero-order valence-corrected chi connectivity index (χ0v) is 12.4. The van der Waals surface area contributed by atoms with Crippen LogP contribution in [0.15, 0.2) is 42.1 Å². The topological polar surface area (TPSA) is 42.2 Å². The van der Waals surface area contributed by atoms with Crippen molar-refractivity contribution in [2.24, 2.45) is 0 Å². The molecule has 0 aliphatic rings. The molecule has 0 amide bonds. The second kappa shape index (κ2) is 6.75. The van der Waals surface area contributed by atoms with Crippen molar-refractivity contribution in [3.8, 4) is 11.3 Å². The van der Waals surface area contributed by atoms with Crippen LogP contribution >= 0.6 is 0 Å². The molecule has 0 aliphatic carbocycles. The number of nitrogens with zero attached hydrogens (tertiary/aromatic N) is 1. The molecule has 1 aromatic heterocycles. The zero-order valence-electron chi connectivity index (χ0n) is 12.4. The van der Waals surface area contributed by atoms with Gasteiger partial charge in [0.15, 0.2) is 0 Å². The molecule has 0 spiro atoms. The molecule has 1 N–H and O–H groups in total. The van der Waals surface area contributed by atoms with Gasteiger partial charge in [0.1, 0.15) is 6.29 Å². The minimum absolute atomic E-state index is 0.00407. The number of benzene rings is 1. The van der Waals surface area contributed by atoms with Gasteiger partial charge in [-0.3, -0.25) is 4.79 Å². The molecule has 0 fully saturated rings. The van der Waals surface area contributed by atoms with Crippen molar-refractivity contribution >= 4 is 12.5 Å². The third-order valence-corrected chi connectivity index (χ3v) is 3.30. The molecule has 0 unspecified atom stereocenters. The van der Waals surface area contributed by atoms with E-state index in [9.17, 15) is 31.1 Å². The highest BCUT2D eigenvalue weighted by Gasteiger charge is 2.37. The van der Waals surface area contributed by atoms with E-state index < -0.39 is 30.1 Å². The van der Waals surface area contributed by atoms with Crippen LogP contribution in [0.25, 0.3) is 17.5 Å². The van der Waals surface area contributed by atoms with Crippen molar-refractivity contribution in [2.75, 3.05) is 6.61 Å². The van der Waals surface area contributed by atoms with Gasteiger partial charge in [0.05, 0.1) is 23.4 Å². The molecule has 1 heterocycles. The van der Waals surface area contributed by atoms with Gasteiger partial charge in [-0.2, -0.15) is 26.3 Å². The lowest BCUT2D eigenvalue weighted by Gasteiger charge is -2.15. The summed E-state index contributed by atoms with van der Waals surface area (Å²) in [7, 11) is 0. The quantitative estimate of drug-likeness (QED) is 0.502. The van der Waals surface area contributed by atoms with E-state index >= 15 is 0 Å². The molecule has 9 heteroatoms. The van der Waals surface area contributed by atoms with Gasteiger partial charge in [0.2, 0.25) is 0 Å². The van der Waals surface area contributed by atoms with Gasteiger partial charge >= 0.3 is 12.4 Å². The largest absolute Gasteiger partial charge is 0.416 e. The summed E-state index contributed by atoms with van der Waals surface area (Å²) < 4.78 is 78.8. The Morgan fingerprint density at radius 2 is 1.60 bits per heavy atom. The van der Waals surface area contributed by atoms with Gasteiger partial charge in [-0.05, 0) is 35.9 Å². The molecular formula is C16H11F6NO2. The van der Waals surface area contributed by atoms with Gasteiger partial charge in [0.25, 0.3) is 0 Å². The molecule has 0 radical (unpaired) electrons. The molecule has 0 bridgehead atoms. The number of aliphatic hydroxyl groups excluding tert-OH is 1. The molecule has 3 nitrogen and oxygen atoms in total. The zero-order chi connectivity index (χ0) is 18.8. The Labute approximate surface area is 137 Å². The average molecular weight is 363 g/mol. The van der Waals surface area contributed by atoms with Crippen LogP contribution in [0, 0.1) is 0 Å². The molecular weight excluding hydrogens is 352 g/mol. The maximum Gasteiger partial charge on any atom is 0.416 e. The van der Waals surface area contributed by atoms with E-state index in [1.165, 1.54) is 18.3 Å². The number of aliphatic hydroxyl groups is 1. The number of halogens is 6. The second-order valence-electron chi connectivity index (χ2n) is 5.08. The number of carbonyl (C=O) groups is 1. The molecule has 0 atom stereocenters. The molecule has 25 heavy (non-hydrogen) atoms. The number of rotatable bonds is 4.